The quantitative estimate of drug-likeness (QED) is 0.775. The molecule has 0 radical (unpaired) electrons. The topological polar surface area (TPSA) is 83.4 Å². The number of rotatable bonds is 3. The van der Waals surface area contributed by atoms with Crippen LogP contribution in [0.2, 0.25) is 0 Å². The van der Waals surface area contributed by atoms with E-state index in [0.29, 0.717) is 36.9 Å². The van der Waals surface area contributed by atoms with Crippen LogP contribution in [0.4, 0.5) is 10.5 Å². The average molecular weight is 435 g/mol. The number of piperidine rings is 1. The van der Waals surface area contributed by atoms with Gasteiger partial charge in [-0.05, 0) is 49.4 Å². The van der Waals surface area contributed by atoms with Crippen molar-refractivity contribution in [3.8, 4) is 0 Å². The summed E-state index contributed by atoms with van der Waals surface area (Å²) in [6.45, 7) is 1.87. The normalized spacial score (nSPS) is 22.7. The molecule has 7 nitrogen and oxygen atoms in total. The zero-order valence-electron chi connectivity index (χ0n) is 18.3. The number of carbonyl (C=O) groups excluding carboxylic acids is 2. The molecule has 1 saturated carbocycles. The molecule has 32 heavy (non-hydrogen) atoms. The van der Waals surface area contributed by atoms with E-state index >= 15 is 0 Å². The fraction of sp³-hybridized carbons (Fsp3) is 0.480. The summed E-state index contributed by atoms with van der Waals surface area (Å²) in [4.78, 5) is 40.5. The van der Waals surface area contributed by atoms with Crippen LogP contribution < -0.4 is 16.2 Å². The van der Waals surface area contributed by atoms with E-state index in [1.807, 2.05) is 17.0 Å². The van der Waals surface area contributed by atoms with Gasteiger partial charge in [-0.1, -0.05) is 37.5 Å². The van der Waals surface area contributed by atoms with Crippen LogP contribution >= 0.6 is 0 Å². The monoisotopic (exact) mass is 434 g/mol. The number of likely N-dealkylation sites (tertiary alicyclic amines) is 1. The Bertz CT molecular complexity index is 1060. The van der Waals surface area contributed by atoms with Crippen LogP contribution in [-0.2, 0) is 6.54 Å². The second kappa shape index (κ2) is 8.81. The molecule has 2 fully saturated rings. The smallest absolute Gasteiger partial charge is 0.317 e. The zero-order valence-corrected chi connectivity index (χ0v) is 18.3. The van der Waals surface area contributed by atoms with E-state index in [0.717, 1.165) is 25.0 Å². The van der Waals surface area contributed by atoms with Gasteiger partial charge < -0.3 is 20.1 Å². The molecule has 3 heterocycles. The lowest BCUT2D eigenvalue weighted by molar-refractivity contribution is 0.102. The number of aromatic nitrogens is 1. The highest BCUT2D eigenvalue weighted by Crippen LogP contribution is 2.35. The summed E-state index contributed by atoms with van der Waals surface area (Å²) in [5.41, 5.74) is 1.61. The first-order chi connectivity index (χ1) is 15.6. The van der Waals surface area contributed by atoms with Gasteiger partial charge in [-0.2, -0.15) is 0 Å². The number of carbonyl (C=O) groups is 2. The van der Waals surface area contributed by atoms with Crippen molar-refractivity contribution in [1.29, 1.82) is 0 Å². The summed E-state index contributed by atoms with van der Waals surface area (Å²) in [6.07, 6.45) is 6.78. The Morgan fingerprint density at radius 1 is 0.906 bits per heavy atom. The van der Waals surface area contributed by atoms with Crippen molar-refractivity contribution in [3.63, 3.8) is 0 Å². The zero-order chi connectivity index (χ0) is 22.1. The molecule has 3 aliphatic rings. The molecule has 3 amide bonds. The van der Waals surface area contributed by atoms with Gasteiger partial charge in [0.1, 0.15) is 5.69 Å². The van der Waals surface area contributed by atoms with Gasteiger partial charge in [0.15, 0.2) is 0 Å². The van der Waals surface area contributed by atoms with Crippen LogP contribution in [0, 0.1) is 5.92 Å². The summed E-state index contributed by atoms with van der Waals surface area (Å²) in [5.74, 6) is 0.104. The molecule has 2 aliphatic heterocycles. The minimum atomic E-state index is -0.287. The van der Waals surface area contributed by atoms with Crippen LogP contribution in [0.1, 0.15) is 60.5 Å². The Balaban J connectivity index is 1.30. The van der Waals surface area contributed by atoms with E-state index in [1.165, 1.54) is 19.3 Å². The number of amides is 3. The molecular formula is C25H30N4O3. The fourth-order valence-corrected chi connectivity index (χ4v) is 5.50. The van der Waals surface area contributed by atoms with E-state index in [1.54, 1.807) is 34.9 Å². The third-order valence-electron chi connectivity index (χ3n) is 7.11. The molecule has 168 valence electrons. The van der Waals surface area contributed by atoms with E-state index in [2.05, 4.69) is 10.6 Å². The van der Waals surface area contributed by atoms with E-state index in [9.17, 15) is 14.4 Å². The van der Waals surface area contributed by atoms with Gasteiger partial charge in [-0.15, -0.1) is 0 Å². The molecule has 2 aromatic rings. The first kappa shape index (κ1) is 20.8. The Morgan fingerprint density at radius 2 is 1.69 bits per heavy atom. The number of urea groups is 1. The molecule has 2 N–H and O–H groups in total. The maximum Gasteiger partial charge on any atom is 0.317 e. The number of fused-ring (bicyclic) bond motifs is 4. The van der Waals surface area contributed by atoms with Crippen LogP contribution in [0.15, 0.2) is 47.3 Å². The lowest BCUT2D eigenvalue weighted by Gasteiger charge is -2.43. The van der Waals surface area contributed by atoms with Gasteiger partial charge in [-0.3, -0.25) is 9.59 Å². The first-order valence-electron chi connectivity index (χ1n) is 11.7. The van der Waals surface area contributed by atoms with Crippen LogP contribution in [0.3, 0.4) is 0 Å². The molecule has 5 rings (SSSR count). The SMILES string of the molecule is O=C(Nc1ccc2n(c1=O)C[C@@H]1C[C@@H]2CN(C(=O)NC2CCCCC2)C1)c1ccccc1. The van der Waals surface area contributed by atoms with Crippen molar-refractivity contribution in [2.75, 3.05) is 18.4 Å². The van der Waals surface area contributed by atoms with Gasteiger partial charge in [0.2, 0.25) is 0 Å². The van der Waals surface area contributed by atoms with E-state index in [-0.39, 0.29) is 29.3 Å². The summed E-state index contributed by atoms with van der Waals surface area (Å²) in [6, 6.07) is 12.9. The molecule has 2 atom stereocenters. The molecule has 0 spiro atoms. The van der Waals surface area contributed by atoms with Gasteiger partial charge in [0, 0.05) is 42.9 Å². The van der Waals surface area contributed by atoms with Gasteiger partial charge in [0.05, 0.1) is 0 Å². The maximum atomic E-state index is 13.1. The number of nitrogens with zero attached hydrogens (tertiary/aromatic N) is 2. The highest BCUT2D eigenvalue weighted by molar-refractivity contribution is 6.04. The number of anilines is 1. The number of hydrogen-bond acceptors (Lipinski definition) is 3. The fourth-order valence-electron chi connectivity index (χ4n) is 5.50. The van der Waals surface area contributed by atoms with E-state index in [4.69, 9.17) is 0 Å². The predicted molar refractivity (Wildman–Crippen MR) is 123 cm³/mol. The lowest BCUT2D eigenvalue weighted by Crippen LogP contribution is -2.53. The standard InChI is InChI=1S/C25H30N4O3/c30-23(18-7-3-1-4-8-18)27-21-11-12-22-19-13-17(15-29(22)24(21)31)14-28(16-19)25(32)26-20-9-5-2-6-10-20/h1,3-4,7-8,11-12,17,19-20H,2,5-6,9-10,13-16H2,(H,26,32)(H,27,30)/t17-,19-/m1/s1. The number of hydrogen-bond donors (Lipinski definition) is 2. The van der Waals surface area contributed by atoms with Gasteiger partial charge in [0.25, 0.3) is 11.5 Å². The second-order valence-electron chi connectivity index (χ2n) is 9.40. The van der Waals surface area contributed by atoms with E-state index < -0.39 is 0 Å². The minimum Gasteiger partial charge on any atom is -0.335 e. The first-order valence-corrected chi connectivity index (χ1v) is 11.7. The molecule has 2 bridgehead atoms. The molecular weight excluding hydrogens is 404 g/mol. The molecule has 1 aromatic heterocycles. The molecule has 1 saturated heterocycles. The Hall–Kier alpha value is -3.09. The molecule has 1 aromatic carbocycles. The van der Waals surface area contributed by atoms with Crippen molar-refractivity contribution in [2.24, 2.45) is 5.92 Å². The number of benzene rings is 1. The number of nitrogens with one attached hydrogen (secondary N) is 2. The minimum absolute atomic E-state index is 0.0362. The van der Waals surface area contributed by atoms with Gasteiger partial charge in [-0.25, -0.2) is 4.79 Å². The highest BCUT2D eigenvalue weighted by atomic mass is 16.2. The molecule has 0 unspecified atom stereocenters. The molecule has 1 aliphatic carbocycles. The van der Waals surface area contributed by atoms with Crippen molar-refractivity contribution >= 4 is 17.6 Å². The second-order valence-corrected chi connectivity index (χ2v) is 9.40. The van der Waals surface area contributed by atoms with Crippen LogP contribution in [0.5, 0.6) is 0 Å². The summed E-state index contributed by atoms with van der Waals surface area (Å²) >= 11 is 0. The van der Waals surface area contributed by atoms with Crippen molar-refractivity contribution in [1.82, 2.24) is 14.8 Å². The maximum absolute atomic E-state index is 13.1. The van der Waals surface area contributed by atoms with Crippen LogP contribution in [0.25, 0.3) is 0 Å². The predicted octanol–water partition coefficient (Wildman–Crippen LogP) is 3.56. The van der Waals surface area contributed by atoms with Gasteiger partial charge >= 0.3 is 6.03 Å². The Morgan fingerprint density at radius 3 is 2.47 bits per heavy atom. The molecule has 7 heteroatoms. The summed E-state index contributed by atoms with van der Waals surface area (Å²) < 4.78 is 1.80. The van der Waals surface area contributed by atoms with Crippen molar-refractivity contribution in [2.45, 2.75) is 57.0 Å². The Labute approximate surface area is 187 Å². The van der Waals surface area contributed by atoms with Crippen molar-refractivity contribution in [3.05, 3.63) is 64.1 Å². The summed E-state index contributed by atoms with van der Waals surface area (Å²) in [7, 11) is 0. The summed E-state index contributed by atoms with van der Waals surface area (Å²) in [5, 5.41) is 6.00. The lowest BCUT2D eigenvalue weighted by atomic mass is 9.83. The largest absolute Gasteiger partial charge is 0.335 e. The van der Waals surface area contributed by atoms with Crippen molar-refractivity contribution < 1.29 is 9.59 Å². The third kappa shape index (κ3) is 4.16. The average Bonchev–Trinajstić information content (AvgIpc) is 2.82. The van der Waals surface area contributed by atoms with Crippen LogP contribution in [-0.4, -0.2) is 40.5 Å². The number of pyridine rings is 1. The highest BCUT2D eigenvalue weighted by Gasteiger charge is 2.37. The Kier molecular flexibility index (Phi) is 5.72. The third-order valence-corrected chi connectivity index (χ3v) is 7.11.